The number of hydrogen-bond donors (Lipinski definition) is 1. The highest BCUT2D eigenvalue weighted by molar-refractivity contribution is 6.42. The molecule has 4 aromatic rings. The Hall–Kier alpha value is -2.76. The Bertz CT molecular complexity index is 1550. The predicted molar refractivity (Wildman–Crippen MR) is 137 cm³/mol. The first-order valence-electron chi connectivity index (χ1n) is 11.4. The van der Waals surface area contributed by atoms with Crippen LogP contribution in [0.4, 0.5) is 5.69 Å². The van der Waals surface area contributed by atoms with Crippen LogP contribution in [0.15, 0.2) is 42.5 Å². The summed E-state index contributed by atoms with van der Waals surface area (Å²) in [6, 6.07) is 13.3. The molecule has 2 heterocycles. The number of nitrogens with zero attached hydrogens (tertiary/aromatic N) is 3. The van der Waals surface area contributed by atoms with Crippen LogP contribution in [0.25, 0.3) is 21.9 Å². The van der Waals surface area contributed by atoms with Gasteiger partial charge in [0.2, 0.25) is 5.91 Å². The monoisotopic (exact) mass is 490 g/mol. The molecule has 2 atom stereocenters. The minimum Gasteiger partial charge on any atom is -0.323 e. The summed E-state index contributed by atoms with van der Waals surface area (Å²) >= 11 is 12.6. The van der Waals surface area contributed by atoms with Crippen LogP contribution in [0.3, 0.4) is 0 Å². The van der Waals surface area contributed by atoms with Crippen molar-refractivity contribution in [2.45, 2.75) is 51.4 Å². The maximum atomic E-state index is 14.2. The quantitative estimate of drug-likeness (QED) is 0.336. The van der Waals surface area contributed by atoms with Crippen LogP contribution in [-0.4, -0.2) is 20.9 Å². The first-order chi connectivity index (χ1) is 16.1. The van der Waals surface area contributed by atoms with Crippen LogP contribution < -0.4 is 5.32 Å². The summed E-state index contributed by atoms with van der Waals surface area (Å²) in [5, 5.41) is 5.10. The van der Waals surface area contributed by atoms with E-state index >= 15 is 0 Å². The molecule has 1 fully saturated rings. The second-order valence-electron chi connectivity index (χ2n) is 10.3. The molecule has 1 saturated carbocycles. The number of aryl methyl sites for hydroxylation is 1. The highest BCUT2D eigenvalue weighted by Gasteiger charge is 2.73. The van der Waals surface area contributed by atoms with E-state index in [1.807, 2.05) is 37.3 Å². The molecule has 0 saturated heterocycles. The number of para-hydroxylation sites is 1. The number of fused-ring (bicyclic) bond motifs is 7. The van der Waals surface area contributed by atoms with E-state index in [4.69, 9.17) is 38.2 Å². The number of carbonyl (C=O) groups is 1. The van der Waals surface area contributed by atoms with Crippen LogP contribution >= 0.6 is 23.2 Å². The number of rotatable bonds is 2. The topological polar surface area (TPSA) is 67.8 Å². The van der Waals surface area contributed by atoms with Gasteiger partial charge in [0.25, 0.3) is 0 Å². The molecule has 172 valence electrons. The third kappa shape index (κ3) is 2.57. The Morgan fingerprint density at radius 2 is 1.59 bits per heavy atom. The molecule has 1 amide bonds. The molecule has 34 heavy (non-hydrogen) atoms. The maximum absolute atomic E-state index is 14.2. The molecule has 5 nitrogen and oxygen atoms in total. The van der Waals surface area contributed by atoms with Crippen LogP contribution in [0.2, 0.25) is 10.0 Å². The van der Waals surface area contributed by atoms with Gasteiger partial charge in [0.1, 0.15) is 0 Å². The zero-order valence-electron chi connectivity index (χ0n) is 19.5. The molecular weight excluding hydrogens is 467 g/mol. The fraction of sp³-hybridized carbons (Fsp3) is 0.333. The van der Waals surface area contributed by atoms with Crippen molar-refractivity contribution in [3.63, 3.8) is 0 Å². The van der Waals surface area contributed by atoms with Gasteiger partial charge >= 0.3 is 0 Å². The van der Waals surface area contributed by atoms with E-state index in [-0.39, 0.29) is 11.3 Å². The lowest BCUT2D eigenvalue weighted by Crippen LogP contribution is -2.48. The lowest BCUT2D eigenvalue weighted by Gasteiger charge is -2.39. The number of benzene rings is 2. The predicted octanol–water partition coefficient (Wildman–Crippen LogP) is 6.76. The average Bonchev–Trinajstić information content (AvgIpc) is 3.09. The summed E-state index contributed by atoms with van der Waals surface area (Å²) in [6.07, 6.45) is 1.56. The summed E-state index contributed by atoms with van der Waals surface area (Å²) in [4.78, 5) is 29.0. The molecule has 0 radical (unpaired) electrons. The van der Waals surface area contributed by atoms with Crippen molar-refractivity contribution in [3.05, 3.63) is 69.6 Å². The van der Waals surface area contributed by atoms with Gasteiger partial charge in [-0.05, 0) is 49.4 Å². The van der Waals surface area contributed by atoms with Crippen molar-refractivity contribution in [3.8, 4) is 0 Å². The first kappa shape index (κ1) is 21.8. The molecule has 0 aliphatic heterocycles. The van der Waals surface area contributed by atoms with Gasteiger partial charge in [0, 0.05) is 16.5 Å². The lowest BCUT2D eigenvalue weighted by atomic mass is 9.63. The largest absolute Gasteiger partial charge is 0.323 e. The summed E-state index contributed by atoms with van der Waals surface area (Å²) in [5.74, 6) is -0.0653. The molecule has 1 N–H and O–H groups in total. The summed E-state index contributed by atoms with van der Waals surface area (Å²) in [5.41, 5.74) is 3.87. The van der Waals surface area contributed by atoms with Crippen molar-refractivity contribution in [2.75, 3.05) is 5.32 Å². The Balaban J connectivity index is 1.54. The van der Waals surface area contributed by atoms with Gasteiger partial charge in [-0.2, -0.15) is 0 Å². The van der Waals surface area contributed by atoms with Gasteiger partial charge < -0.3 is 5.32 Å². The lowest BCUT2D eigenvalue weighted by molar-refractivity contribution is -0.125. The third-order valence-corrected chi connectivity index (χ3v) is 9.30. The van der Waals surface area contributed by atoms with Crippen molar-refractivity contribution in [2.24, 2.45) is 5.41 Å². The molecule has 2 aliphatic carbocycles. The second kappa shape index (κ2) is 6.89. The Kier molecular flexibility index (Phi) is 4.41. The Morgan fingerprint density at radius 3 is 2.29 bits per heavy atom. The van der Waals surface area contributed by atoms with Crippen molar-refractivity contribution in [1.29, 1.82) is 0 Å². The van der Waals surface area contributed by atoms with Gasteiger partial charge in [0.15, 0.2) is 0 Å². The highest BCUT2D eigenvalue weighted by atomic mass is 35.5. The van der Waals surface area contributed by atoms with Gasteiger partial charge in [0.05, 0.1) is 49.1 Å². The minimum atomic E-state index is -0.823. The Morgan fingerprint density at radius 1 is 0.912 bits per heavy atom. The zero-order valence-corrected chi connectivity index (χ0v) is 21.0. The fourth-order valence-electron chi connectivity index (χ4n) is 6.18. The summed E-state index contributed by atoms with van der Waals surface area (Å²) in [7, 11) is 0. The normalized spacial score (nSPS) is 24.5. The third-order valence-electron chi connectivity index (χ3n) is 8.57. The standard InChI is InChI=1S/C27H24Cl2N4O/c1-14-8-9-15-6-5-7-18(21(15)30-14)33-24(34)27-11-10-26(4,25(27,2)3)22-23(27)32-20-13-17(29)16(28)12-19(20)31-22/h5-9,12-13H,10-11H2,1-4H3,(H,33,34). The SMILES string of the molecule is Cc1ccc2cccc(NC(=O)C34CCC(C)(c5nc6cc(Cl)c(Cl)cc6nc53)C4(C)C)c2n1. The summed E-state index contributed by atoms with van der Waals surface area (Å²) in [6.45, 7) is 8.49. The molecule has 0 spiro atoms. The highest BCUT2D eigenvalue weighted by Crippen LogP contribution is 2.70. The van der Waals surface area contributed by atoms with Crippen molar-refractivity contribution < 1.29 is 4.79 Å². The second-order valence-corrected chi connectivity index (χ2v) is 11.1. The van der Waals surface area contributed by atoms with Gasteiger partial charge in [-0.1, -0.05) is 62.2 Å². The Labute approximate surface area is 207 Å². The number of aromatic nitrogens is 3. The average molecular weight is 491 g/mol. The number of hydrogen-bond acceptors (Lipinski definition) is 4. The molecule has 2 aromatic carbocycles. The number of amides is 1. The van der Waals surface area contributed by atoms with Crippen molar-refractivity contribution in [1.82, 2.24) is 15.0 Å². The molecule has 2 aliphatic rings. The molecule has 2 unspecified atom stereocenters. The maximum Gasteiger partial charge on any atom is 0.237 e. The van der Waals surface area contributed by atoms with Crippen LogP contribution in [-0.2, 0) is 15.6 Å². The number of halogens is 2. The van der Waals surface area contributed by atoms with Crippen LogP contribution in [0.1, 0.15) is 50.7 Å². The van der Waals surface area contributed by atoms with E-state index < -0.39 is 10.8 Å². The minimum absolute atomic E-state index is 0.0653. The number of carbonyl (C=O) groups excluding carboxylic acids is 1. The van der Waals surface area contributed by atoms with E-state index in [1.165, 1.54) is 0 Å². The molecule has 7 heteroatoms. The van der Waals surface area contributed by atoms with Crippen molar-refractivity contribution >= 4 is 56.7 Å². The van der Waals surface area contributed by atoms with E-state index in [2.05, 4.69) is 26.1 Å². The van der Waals surface area contributed by atoms with E-state index in [0.29, 0.717) is 33.2 Å². The number of pyridine rings is 1. The molecular formula is C27H24Cl2N4O. The first-order valence-corrected chi connectivity index (χ1v) is 12.2. The summed E-state index contributed by atoms with van der Waals surface area (Å²) < 4.78 is 0. The number of nitrogens with one attached hydrogen (secondary N) is 1. The van der Waals surface area contributed by atoms with Gasteiger partial charge in [-0.3, -0.25) is 9.78 Å². The van der Waals surface area contributed by atoms with E-state index in [9.17, 15) is 4.79 Å². The van der Waals surface area contributed by atoms with E-state index in [0.717, 1.165) is 34.4 Å². The van der Waals surface area contributed by atoms with Crippen LogP contribution in [0.5, 0.6) is 0 Å². The van der Waals surface area contributed by atoms with Crippen LogP contribution in [0, 0.1) is 12.3 Å². The molecule has 6 rings (SSSR count). The van der Waals surface area contributed by atoms with Gasteiger partial charge in [-0.25, -0.2) is 9.97 Å². The molecule has 2 bridgehead atoms. The smallest absolute Gasteiger partial charge is 0.237 e. The number of anilines is 1. The van der Waals surface area contributed by atoms with E-state index in [1.54, 1.807) is 12.1 Å². The molecule has 2 aromatic heterocycles. The zero-order chi connectivity index (χ0) is 24.0. The van der Waals surface area contributed by atoms with Gasteiger partial charge in [-0.15, -0.1) is 0 Å². The fourth-order valence-corrected chi connectivity index (χ4v) is 6.49.